The Bertz CT molecular complexity index is 453. The molecule has 2 rings (SSSR count). The predicted octanol–water partition coefficient (Wildman–Crippen LogP) is 2.50. The molecule has 1 unspecified atom stereocenters. The Morgan fingerprint density at radius 1 is 1.47 bits per heavy atom. The predicted molar refractivity (Wildman–Crippen MR) is 80.8 cm³/mol. The molecule has 1 amide bonds. The molecule has 0 radical (unpaired) electrons. The number of likely N-dealkylation sites (tertiary alicyclic amines) is 1. The van der Waals surface area contributed by atoms with Crippen LogP contribution < -0.4 is 5.73 Å². The quantitative estimate of drug-likeness (QED) is 0.932. The summed E-state index contributed by atoms with van der Waals surface area (Å²) in [5.41, 5.74) is 6.72. The second-order valence-electron chi connectivity index (χ2n) is 5.35. The van der Waals surface area contributed by atoms with Gasteiger partial charge < -0.3 is 10.6 Å². The molecule has 1 aromatic carbocycles. The van der Waals surface area contributed by atoms with Crippen molar-refractivity contribution in [2.75, 3.05) is 19.6 Å². The molecular weight excluding hydrogens is 283 g/mol. The van der Waals surface area contributed by atoms with E-state index < -0.39 is 0 Å². The lowest BCUT2D eigenvalue weighted by atomic mass is 9.90. The van der Waals surface area contributed by atoms with Crippen LogP contribution in [0, 0.1) is 5.41 Å². The van der Waals surface area contributed by atoms with Crippen molar-refractivity contribution in [3.8, 4) is 0 Å². The van der Waals surface area contributed by atoms with Crippen LogP contribution in [0.15, 0.2) is 24.3 Å². The SMILES string of the molecule is CC1(CN)CCN(C(=O)Cc2ccccc2Cl)C1.Cl. The average molecular weight is 303 g/mol. The van der Waals surface area contributed by atoms with Gasteiger partial charge in [0.1, 0.15) is 0 Å². The van der Waals surface area contributed by atoms with E-state index in [1.807, 2.05) is 29.2 Å². The molecule has 5 heteroatoms. The molecular formula is C14H20Cl2N2O. The van der Waals surface area contributed by atoms with Gasteiger partial charge in [-0.1, -0.05) is 36.7 Å². The van der Waals surface area contributed by atoms with Gasteiger partial charge in [0.25, 0.3) is 0 Å². The molecule has 1 atom stereocenters. The molecule has 0 saturated carbocycles. The van der Waals surface area contributed by atoms with Crippen molar-refractivity contribution in [2.45, 2.75) is 19.8 Å². The lowest BCUT2D eigenvalue weighted by Crippen LogP contribution is -2.35. The molecule has 19 heavy (non-hydrogen) atoms. The zero-order chi connectivity index (χ0) is 13.2. The van der Waals surface area contributed by atoms with Gasteiger partial charge in [0, 0.05) is 18.1 Å². The highest BCUT2D eigenvalue weighted by molar-refractivity contribution is 6.31. The van der Waals surface area contributed by atoms with E-state index in [0.717, 1.165) is 25.1 Å². The lowest BCUT2D eigenvalue weighted by Gasteiger charge is -2.22. The first-order chi connectivity index (χ1) is 8.54. The number of hydrogen-bond acceptors (Lipinski definition) is 2. The number of carbonyl (C=O) groups excluding carboxylic acids is 1. The molecule has 0 bridgehead atoms. The molecule has 1 aliphatic heterocycles. The van der Waals surface area contributed by atoms with Gasteiger partial charge in [0.2, 0.25) is 5.91 Å². The van der Waals surface area contributed by atoms with Crippen molar-refractivity contribution in [2.24, 2.45) is 11.1 Å². The largest absolute Gasteiger partial charge is 0.342 e. The van der Waals surface area contributed by atoms with Gasteiger partial charge in [0.05, 0.1) is 6.42 Å². The van der Waals surface area contributed by atoms with Crippen molar-refractivity contribution in [1.29, 1.82) is 0 Å². The summed E-state index contributed by atoms with van der Waals surface area (Å²) < 4.78 is 0. The normalized spacial score (nSPS) is 22.2. The van der Waals surface area contributed by atoms with Crippen LogP contribution in [0.2, 0.25) is 5.02 Å². The van der Waals surface area contributed by atoms with Gasteiger partial charge in [-0.15, -0.1) is 12.4 Å². The van der Waals surface area contributed by atoms with Gasteiger partial charge in [0.15, 0.2) is 0 Å². The van der Waals surface area contributed by atoms with Crippen LogP contribution >= 0.6 is 24.0 Å². The Morgan fingerprint density at radius 3 is 2.74 bits per heavy atom. The van der Waals surface area contributed by atoms with Crippen molar-refractivity contribution in [3.63, 3.8) is 0 Å². The number of amides is 1. The summed E-state index contributed by atoms with van der Waals surface area (Å²) in [5.74, 6) is 0.139. The topological polar surface area (TPSA) is 46.3 Å². The standard InChI is InChI=1S/C14H19ClN2O.ClH/c1-14(9-16)6-7-17(10-14)13(18)8-11-4-2-3-5-12(11)15;/h2-5H,6-10,16H2,1H3;1H. The first-order valence-corrected chi connectivity index (χ1v) is 6.63. The third kappa shape index (κ3) is 3.85. The number of rotatable bonds is 3. The van der Waals surface area contributed by atoms with Gasteiger partial charge in [-0.05, 0) is 30.0 Å². The summed E-state index contributed by atoms with van der Waals surface area (Å²) in [7, 11) is 0. The number of halogens is 2. The van der Waals surface area contributed by atoms with Crippen LogP contribution in [0.4, 0.5) is 0 Å². The number of nitrogens with two attached hydrogens (primary N) is 1. The maximum absolute atomic E-state index is 12.2. The summed E-state index contributed by atoms with van der Waals surface area (Å²) in [5, 5.41) is 0.659. The van der Waals surface area contributed by atoms with Crippen molar-refractivity contribution >= 4 is 29.9 Å². The monoisotopic (exact) mass is 302 g/mol. The van der Waals surface area contributed by atoms with Crippen molar-refractivity contribution < 1.29 is 4.79 Å². The van der Waals surface area contributed by atoms with E-state index in [2.05, 4.69) is 6.92 Å². The smallest absolute Gasteiger partial charge is 0.227 e. The van der Waals surface area contributed by atoms with E-state index in [0.29, 0.717) is 18.0 Å². The van der Waals surface area contributed by atoms with Gasteiger partial charge in [-0.3, -0.25) is 4.79 Å². The van der Waals surface area contributed by atoms with Crippen molar-refractivity contribution in [1.82, 2.24) is 4.90 Å². The summed E-state index contributed by atoms with van der Waals surface area (Å²) in [6, 6.07) is 7.50. The number of benzene rings is 1. The number of carbonyl (C=O) groups is 1. The minimum Gasteiger partial charge on any atom is -0.342 e. The molecule has 0 aromatic heterocycles. The van der Waals surface area contributed by atoms with Crippen LogP contribution in [-0.4, -0.2) is 30.4 Å². The number of hydrogen-bond donors (Lipinski definition) is 1. The average Bonchev–Trinajstić information content (AvgIpc) is 2.76. The molecule has 0 spiro atoms. The summed E-state index contributed by atoms with van der Waals surface area (Å²) in [6.45, 7) is 4.32. The minimum atomic E-state index is 0. The fourth-order valence-electron chi connectivity index (χ4n) is 2.32. The second kappa shape index (κ2) is 6.60. The minimum absolute atomic E-state index is 0. The Labute approximate surface area is 125 Å². The molecule has 1 saturated heterocycles. The van der Waals surface area contributed by atoms with Crippen LogP contribution in [0.25, 0.3) is 0 Å². The summed E-state index contributed by atoms with van der Waals surface area (Å²) in [6.07, 6.45) is 1.36. The Morgan fingerprint density at radius 2 is 2.16 bits per heavy atom. The number of nitrogens with zero attached hydrogens (tertiary/aromatic N) is 1. The maximum Gasteiger partial charge on any atom is 0.227 e. The van der Waals surface area contributed by atoms with Crippen LogP contribution in [0.5, 0.6) is 0 Å². The highest BCUT2D eigenvalue weighted by Crippen LogP contribution is 2.29. The zero-order valence-corrected chi connectivity index (χ0v) is 12.6. The highest BCUT2D eigenvalue weighted by Gasteiger charge is 2.34. The third-order valence-corrected chi connectivity index (χ3v) is 4.07. The van der Waals surface area contributed by atoms with Crippen LogP contribution in [0.3, 0.4) is 0 Å². The van der Waals surface area contributed by atoms with Gasteiger partial charge >= 0.3 is 0 Å². The highest BCUT2D eigenvalue weighted by atomic mass is 35.5. The molecule has 2 N–H and O–H groups in total. The van der Waals surface area contributed by atoms with E-state index in [4.69, 9.17) is 17.3 Å². The van der Waals surface area contributed by atoms with E-state index in [9.17, 15) is 4.79 Å². The maximum atomic E-state index is 12.2. The van der Waals surface area contributed by atoms with Crippen LogP contribution in [0.1, 0.15) is 18.9 Å². The first-order valence-electron chi connectivity index (χ1n) is 6.25. The van der Waals surface area contributed by atoms with Gasteiger partial charge in [-0.2, -0.15) is 0 Å². The molecule has 1 aromatic rings. The van der Waals surface area contributed by atoms with E-state index in [-0.39, 0.29) is 23.7 Å². The molecule has 1 aliphatic rings. The lowest BCUT2D eigenvalue weighted by molar-refractivity contribution is -0.129. The Kier molecular flexibility index (Phi) is 5.65. The third-order valence-electron chi connectivity index (χ3n) is 3.70. The summed E-state index contributed by atoms with van der Waals surface area (Å²) in [4.78, 5) is 14.1. The fraction of sp³-hybridized carbons (Fsp3) is 0.500. The molecule has 1 heterocycles. The Balaban J connectivity index is 0.00000180. The summed E-state index contributed by atoms with van der Waals surface area (Å²) >= 11 is 6.07. The fourth-order valence-corrected chi connectivity index (χ4v) is 2.52. The molecule has 106 valence electrons. The first kappa shape index (κ1) is 16.3. The van der Waals surface area contributed by atoms with E-state index in [1.165, 1.54) is 0 Å². The van der Waals surface area contributed by atoms with Crippen LogP contribution in [-0.2, 0) is 11.2 Å². The van der Waals surface area contributed by atoms with Gasteiger partial charge in [-0.25, -0.2) is 0 Å². The molecule has 3 nitrogen and oxygen atoms in total. The molecule has 0 aliphatic carbocycles. The van der Waals surface area contributed by atoms with Crippen molar-refractivity contribution in [3.05, 3.63) is 34.9 Å². The zero-order valence-electron chi connectivity index (χ0n) is 11.1. The molecule has 1 fully saturated rings. The van der Waals surface area contributed by atoms with E-state index >= 15 is 0 Å². The van der Waals surface area contributed by atoms with E-state index in [1.54, 1.807) is 0 Å². The second-order valence-corrected chi connectivity index (χ2v) is 5.76. The Hall–Kier alpha value is -0.770.